The Labute approximate surface area is 92.1 Å². The van der Waals surface area contributed by atoms with Gasteiger partial charge in [0.25, 0.3) is 0 Å². The summed E-state index contributed by atoms with van der Waals surface area (Å²) in [5, 5.41) is 9.97. The molecule has 2 atom stereocenters. The summed E-state index contributed by atoms with van der Waals surface area (Å²) in [6.45, 7) is 8.04. The van der Waals surface area contributed by atoms with Gasteiger partial charge in [-0.15, -0.1) is 0 Å². The maximum absolute atomic E-state index is 9.97. The minimum atomic E-state index is -0.482. The van der Waals surface area contributed by atoms with E-state index in [2.05, 4.69) is 0 Å². The van der Waals surface area contributed by atoms with Crippen molar-refractivity contribution in [2.75, 3.05) is 0 Å². The van der Waals surface area contributed by atoms with Crippen LogP contribution in [0.25, 0.3) is 0 Å². The molecule has 0 fully saturated rings. The summed E-state index contributed by atoms with van der Waals surface area (Å²) in [4.78, 5) is 0. The number of rotatable bonds is 3. The molecule has 1 aromatic rings. The van der Waals surface area contributed by atoms with Crippen molar-refractivity contribution in [3.05, 3.63) is 34.9 Å². The summed E-state index contributed by atoms with van der Waals surface area (Å²) in [5.41, 5.74) is 9.48. The molecule has 0 spiro atoms. The molecule has 0 aliphatic rings. The second kappa shape index (κ2) is 4.77. The Bertz CT molecular complexity index is 313. The van der Waals surface area contributed by atoms with E-state index >= 15 is 0 Å². The lowest BCUT2D eigenvalue weighted by atomic mass is 9.89. The minimum absolute atomic E-state index is 0.180. The van der Waals surface area contributed by atoms with E-state index in [1.54, 1.807) is 0 Å². The van der Waals surface area contributed by atoms with Gasteiger partial charge in [-0.3, -0.25) is 0 Å². The Hall–Kier alpha value is -0.860. The standard InChI is InChI=1S/C13H21NO/c1-8(2)13(15)12(14)11-9(3)6-5-7-10(11)4/h5-8,12-13,15H,14H2,1-4H3/t12-,13+/m0/s1. The first kappa shape index (κ1) is 12.2. The summed E-state index contributed by atoms with van der Waals surface area (Å²) >= 11 is 0. The van der Waals surface area contributed by atoms with Crippen LogP contribution in [0, 0.1) is 19.8 Å². The summed E-state index contributed by atoms with van der Waals surface area (Å²) < 4.78 is 0. The van der Waals surface area contributed by atoms with Gasteiger partial charge >= 0.3 is 0 Å². The van der Waals surface area contributed by atoms with Crippen LogP contribution in [0.15, 0.2) is 18.2 Å². The Balaban J connectivity index is 3.05. The van der Waals surface area contributed by atoms with Gasteiger partial charge in [0.2, 0.25) is 0 Å². The monoisotopic (exact) mass is 207 g/mol. The molecule has 0 aliphatic carbocycles. The highest BCUT2D eigenvalue weighted by molar-refractivity contribution is 5.36. The third kappa shape index (κ3) is 2.58. The third-order valence-electron chi connectivity index (χ3n) is 2.93. The number of aliphatic hydroxyl groups excluding tert-OH is 1. The predicted octanol–water partition coefficient (Wildman–Crippen LogP) is 2.32. The summed E-state index contributed by atoms with van der Waals surface area (Å²) in [5.74, 6) is 0.180. The number of hydrogen-bond donors (Lipinski definition) is 2. The Morgan fingerprint density at radius 3 is 2.00 bits per heavy atom. The van der Waals surface area contributed by atoms with Crippen LogP contribution in [0.3, 0.4) is 0 Å². The minimum Gasteiger partial charge on any atom is -0.391 e. The zero-order valence-electron chi connectivity index (χ0n) is 9.99. The first-order valence-corrected chi connectivity index (χ1v) is 5.45. The second-order valence-corrected chi connectivity index (χ2v) is 4.57. The summed E-state index contributed by atoms with van der Waals surface area (Å²) in [6, 6.07) is 5.80. The topological polar surface area (TPSA) is 46.2 Å². The number of nitrogens with two attached hydrogens (primary N) is 1. The van der Waals surface area contributed by atoms with Crippen LogP contribution in [0.2, 0.25) is 0 Å². The fourth-order valence-corrected chi connectivity index (χ4v) is 1.94. The van der Waals surface area contributed by atoms with Crippen molar-refractivity contribution in [2.45, 2.75) is 39.8 Å². The maximum atomic E-state index is 9.97. The molecule has 0 heterocycles. The van der Waals surface area contributed by atoms with E-state index in [1.807, 2.05) is 45.9 Å². The average Bonchev–Trinajstić information content (AvgIpc) is 2.15. The maximum Gasteiger partial charge on any atom is 0.0755 e. The molecule has 2 heteroatoms. The van der Waals surface area contributed by atoms with Gasteiger partial charge < -0.3 is 10.8 Å². The molecule has 1 aromatic carbocycles. The van der Waals surface area contributed by atoms with Crippen LogP contribution in [0.4, 0.5) is 0 Å². The molecule has 0 saturated heterocycles. The first-order valence-electron chi connectivity index (χ1n) is 5.45. The molecule has 0 unspecified atom stereocenters. The normalized spacial score (nSPS) is 15.4. The second-order valence-electron chi connectivity index (χ2n) is 4.57. The Kier molecular flexibility index (Phi) is 3.89. The van der Waals surface area contributed by atoms with Gasteiger partial charge in [-0.2, -0.15) is 0 Å². The number of hydrogen-bond acceptors (Lipinski definition) is 2. The van der Waals surface area contributed by atoms with Crippen LogP contribution >= 0.6 is 0 Å². The molecular weight excluding hydrogens is 186 g/mol. The van der Waals surface area contributed by atoms with Gasteiger partial charge in [0.05, 0.1) is 12.1 Å². The van der Waals surface area contributed by atoms with Crippen LogP contribution < -0.4 is 5.73 Å². The smallest absolute Gasteiger partial charge is 0.0755 e. The van der Waals surface area contributed by atoms with Gasteiger partial charge in [-0.25, -0.2) is 0 Å². The quantitative estimate of drug-likeness (QED) is 0.799. The van der Waals surface area contributed by atoms with E-state index in [0.717, 1.165) is 16.7 Å². The Morgan fingerprint density at radius 1 is 1.13 bits per heavy atom. The van der Waals surface area contributed by atoms with Gasteiger partial charge in [0, 0.05) is 0 Å². The molecule has 0 radical (unpaired) electrons. The molecule has 0 saturated carbocycles. The molecule has 0 aromatic heterocycles. The predicted molar refractivity (Wildman–Crippen MR) is 63.7 cm³/mol. The number of benzene rings is 1. The molecule has 0 amide bonds. The van der Waals surface area contributed by atoms with Gasteiger partial charge in [0.1, 0.15) is 0 Å². The van der Waals surface area contributed by atoms with Crippen molar-refractivity contribution in [3.8, 4) is 0 Å². The van der Waals surface area contributed by atoms with Crippen molar-refractivity contribution in [2.24, 2.45) is 11.7 Å². The Morgan fingerprint density at radius 2 is 1.60 bits per heavy atom. The van der Waals surface area contributed by atoms with Gasteiger partial charge in [-0.05, 0) is 36.5 Å². The molecular formula is C13H21NO. The van der Waals surface area contributed by atoms with E-state index in [-0.39, 0.29) is 12.0 Å². The lowest BCUT2D eigenvalue weighted by molar-refractivity contribution is 0.0975. The van der Waals surface area contributed by atoms with Crippen LogP contribution in [-0.2, 0) is 0 Å². The highest BCUT2D eigenvalue weighted by atomic mass is 16.3. The van der Waals surface area contributed by atoms with Crippen molar-refractivity contribution >= 4 is 0 Å². The van der Waals surface area contributed by atoms with Crippen molar-refractivity contribution in [1.29, 1.82) is 0 Å². The van der Waals surface area contributed by atoms with Gasteiger partial charge in [-0.1, -0.05) is 32.0 Å². The molecule has 0 aliphatic heterocycles. The lowest BCUT2D eigenvalue weighted by Crippen LogP contribution is -2.31. The highest BCUT2D eigenvalue weighted by Gasteiger charge is 2.22. The van der Waals surface area contributed by atoms with E-state index in [4.69, 9.17) is 5.73 Å². The molecule has 2 nitrogen and oxygen atoms in total. The highest BCUT2D eigenvalue weighted by Crippen LogP contribution is 2.25. The van der Waals surface area contributed by atoms with Gasteiger partial charge in [0.15, 0.2) is 0 Å². The summed E-state index contributed by atoms with van der Waals surface area (Å²) in [7, 11) is 0. The summed E-state index contributed by atoms with van der Waals surface area (Å²) in [6.07, 6.45) is -0.482. The fraction of sp³-hybridized carbons (Fsp3) is 0.538. The first-order chi connectivity index (χ1) is 6.95. The zero-order chi connectivity index (χ0) is 11.6. The lowest BCUT2D eigenvalue weighted by Gasteiger charge is -2.25. The molecule has 0 bridgehead atoms. The zero-order valence-corrected chi connectivity index (χ0v) is 9.99. The van der Waals surface area contributed by atoms with Crippen molar-refractivity contribution in [3.63, 3.8) is 0 Å². The number of aliphatic hydroxyl groups is 1. The largest absolute Gasteiger partial charge is 0.391 e. The molecule has 84 valence electrons. The van der Waals surface area contributed by atoms with Crippen LogP contribution in [0.1, 0.15) is 36.6 Å². The number of aryl methyl sites for hydroxylation is 2. The van der Waals surface area contributed by atoms with Crippen LogP contribution in [-0.4, -0.2) is 11.2 Å². The van der Waals surface area contributed by atoms with E-state index in [1.165, 1.54) is 0 Å². The average molecular weight is 207 g/mol. The third-order valence-corrected chi connectivity index (χ3v) is 2.93. The fourth-order valence-electron chi connectivity index (χ4n) is 1.94. The van der Waals surface area contributed by atoms with Crippen molar-refractivity contribution < 1.29 is 5.11 Å². The van der Waals surface area contributed by atoms with Crippen LogP contribution in [0.5, 0.6) is 0 Å². The van der Waals surface area contributed by atoms with Crippen molar-refractivity contribution in [1.82, 2.24) is 0 Å². The molecule has 1 rings (SSSR count). The van der Waals surface area contributed by atoms with E-state index in [0.29, 0.717) is 0 Å². The van der Waals surface area contributed by atoms with E-state index < -0.39 is 6.10 Å². The molecule has 3 N–H and O–H groups in total. The molecule has 15 heavy (non-hydrogen) atoms. The SMILES string of the molecule is Cc1cccc(C)c1[C@H](N)[C@H](O)C(C)C. The van der Waals surface area contributed by atoms with E-state index in [9.17, 15) is 5.11 Å².